The standard InChI is InChI=1S/C17H21NO4/c1-18(17(20)9-8-14-7-4-10-22-14)12-16(19)13-5-3-6-15(11-13)21-2/h3-7,10-11,16,19H,8-9,12H2,1-2H3. The number of rotatable bonds is 7. The van der Waals surface area contributed by atoms with E-state index in [-0.39, 0.29) is 12.5 Å². The maximum Gasteiger partial charge on any atom is 0.222 e. The van der Waals surface area contributed by atoms with E-state index < -0.39 is 6.10 Å². The first-order valence-electron chi connectivity index (χ1n) is 7.18. The molecular weight excluding hydrogens is 282 g/mol. The fourth-order valence-corrected chi connectivity index (χ4v) is 2.19. The van der Waals surface area contributed by atoms with Crippen LogP contribution in [0.5, 0.6) is 5.75 Å². The third-order valence-electron chi connectivity index (χ3n) is 3.52. The number of aliphatic hydroxyl groups is 1. The van der Waals surface area contributed by atoms with Crippen molar-refractivity contribution in [1.29, 1.82) is 0 Å². The number of hydrogen-bond donors (Lipinski definition) is 1. The Hall–Kier alpha value is -2.27. The van der Waals surface area contributed by atoms with Crippen LogP contribution in [0.2, 0.25) is 0 Å². The number of methoxy groups -OCH3 is 1. The van der Waals surface area contributed by atoms with Crippen molar-refractivity contribution in [3.05, 3.63) is 54.0 Å². The van der Waals surface area contributed by atoms with Gasteiger partial charge in [0.05, 0.1) is 26.0 Å². The van der Waals surface area contributed by atoms with Crippen LogP contribution in [0.25, 0.3) is 0 Å². The van der Waals surface area contributed by atoms with Gasteiger partial charge in [-0.2, -0.15) is 0 Å². The molecule has 2 aromatic rings. The largest absolute Gasteiger partial charge is 0.497 e. The van der Waals surface area contributed by atoms with E-state index in [0.717, 1.165) is 11.3 Å². The van der Waals surface area contributed by atoms with E-state index in [9.17, 15) is 9.90 Å². The van der Waals surface area contributed by atoms with Crippen LogP contribution in [0.15, 0.2) is 47.1 Å². The van der Waals surface area contributed by atoms with E-state index in [2.05, 4.69) is 0 Å². The fourth-order valence-electron chi connectivity index (χ4n) is 2.19. The van der Waals surface area contributed by atoms with E-state index in [1.54, 1.807) is 32.6 Å². The normalized spacial score (nSPS) is 12.0. The molecule has 0 saturated heterocycles. The molecule has 0 aliphatic carbocycles. The van der Waals surface area contributed by atoms with Gasteiger partial charge in [-0.25, -0.2) is 0 Å². The number of benzene rings is 1. The summed E-state index contributed by atoms with van der Waals surface area (Å²) in [6, 6.07) is 10.9. The van der Waals surface area contributed by atoms with Crippen LogP contribution in [-0.2, 0) is 11.2 Å². The molecule has 0 aliphatic heterocycles. The van der Waals surface area contributed by atoms with Crippen LogP contribution < -0.4 is 4.74 Å². The molecule has 1 aromatic carbocycles. The average Bonchev–Trinajstić information content (AvgIpc) is 3.05. The summed E-state index contributed by atoms with van der Waals surface area (Å²) in [5, 5.41) is 10.2. The Morgan fingerprint density at radius 1 is 1.36 bits per heavy atom. The zero-order valence-corrected chi connectivity index (χ0v) is 12.9. The number of hydrogen-bond acceptors (Lipinski definition) is 4. The Morgan fingerprint density at radius 2 is 2.18 bits per heavy atom. The van der Waals surface area contributed by atoms with E-state index in [0.29, 0.717) is 18.6 Å². The molecule has 0 bridgehead atoms. The molecule has 0 saturated carbocycles. The van der Waals surface area contributed by atoms with Crippen LogP contribution in [-0.4, -0.2) is 36.6 Å². The van der Waals surface area contributed by atoms with Crippen molar-refractivity contribution in [2.45, 2.75) is 18.9 Å². The van der Waals surface area contributed by atoms with E-state index in [1.165, 1.54) is 4.90 Å². The molecule has 1 aromatic heterocycles. The van der Waals surface area contributed by atoms with Crippen molar-refractivity contribution in [3.8, 4) is 5.75 Å². The molecule has 0 radical (unpaired) electrons. The lowest BCUT2D eigenvalue weighted by Crippen LogP contribution is -2.31. The smallest absolute Gasteiger partial charge is 0.222 e. The molecule has 1 atom stereocenters. The molecule has 118 valence electrons. The van der Waals surface area contributed by atoms with Gasteiger partial charge in [0.2, 0.25) is 5.91 Å². The summed E-state index contributed by atoms with van der Waals surface area (Å²) >= 11 is 0. The Morgan fingerprint density at radius 3 is 2.86 bits per heavy atom. The number of amides is 1. The minimum atomic E-state index is -0.743. The minimum Gasteiger partial charge on any atom is -0.497 e. The number of carbonyl (C=O) groups is 1. The summed E-state index contributed by atoms with van der Waals surface area (Å²) in [5.41, 5.74) is 0.727. The molecule has 5 heteroatoms. The highest BCUT2D eigenvalue weighted by molar-refractivity contribution is 5.76. The van der Waals surface area contributed by atoms with E-state index in [1.807, 2.05) is 24.3 Å². The first-order valence-corrected chi connectivity index (χ1v) is 7.18. The van der Waals surface area contributed by atoms with Gasteiger partial charge in [-0.3, -0.25) is 4.79 Å². The van der Waals surface area contributed by atoms with Crippen molar-refractivity contribution in [3.63, 3.8) is 0 Å². The SMILES string of the molecule is COc1cccc(C(O)CN(C)C(=O)CCc2ccco2)c1. The molecule has 22 heavy (non-hydrogen) atoms. The van der Waals surface area contributed by atoms with Crippen LogP contribution in [0, 0.1) is 0 Å². The van der Waals surface area contributed by atoms with Gasteiger partial charge in [-0.15, -0.1) is 0 Å². The molecule has 0 fully saturated rings. The molecule has 1 heterocycles. The Balaban J connectivity index is 1.86. The summed E-state index contributed by atoms with van der Waals surface area (Å²) in [5.74, 6) is 1.44. The van der Waals surface area contributed by atoms with Gasteiger partial charge in [0.15, 0.2) is 0 Å². The minimum absolute atomic E-state index is 0.0293. The number of carbonyl (C=O) groups excluding carboxylic acids is 1. The van der Waals surface area contributed by atoms with Crippen molar-refractivity contribution >= 4 is 5.91 Å². The average molecular weight is 303 g/mol. The Bertz CT molecular complexity index is 594. The second kappa shape index (κ2) is 7.66. The summed E-state index contributed by atoms with van der Waals surface area (Å²) in [6.07, 6.45) is 1.77. The monoisotopic (exact) mass is 303 g/mol. The van der Waals surface area contributed by atoms with Crippen LogP contribution >= 0.6 is 0 Å². The summed E-state index contributed by atoms with van der Waals surface area (Å²) in [4.78, 5) is 13.6. The third kappa shape index (κ3) is 4.36. The Kier molecular flexibility index (Phi) is 5.61. The lowest BCUT2D eigenvalue weighted by molar-refractivity contribution is -0.131. The highest BCUT2D eigenvalue weighted by atomic mass is 16.5. The summed E-state index contributed by atoms with van der Waals surface area (Å²) in [6.45, 7) is 0.240. The van der Waals surface area contributed by atoms with Crippen LogP contribution in [0.3, 0.4) is 0 Å². The number of likely N-dealkylation sites (N-methyl/N-ethyl adjacent to an activating group) is 1. The molecule has 2 rings (SSSR count). The lowest BCUT2D eigenvalue weighted by atomic mass is 10.1. The first-order chi connectivity index (χ1) is 10.6. The third-order valence-corrected chi connectivity index (χ3v) is 3.52. The van der Waals surface area contributed by atoms with Gasteiger partial charge >= 0.3 is 0 Å². The molecule has 1 unspecified atom stereocenters. The van der Waals surface area contributed by atoms with Crippen LogP contribution in [0.1, 0.15) is 23.8 Å². The molecule has 0 aliphatic rings. The van der Waals surface area contributed by atoms with Crippen molar-refractivity contribution in [2.75, 3.05) is 20.7 Å². The topological polar surface area (TPSA) is 62.9 Å². The van der Waals surface area contributed by atoms with Gasteiger partial charge < -0.3 is 19.2 Å². The second-order valence-electron chi connectivity index (χ2n) is 5.15. The van der Waals surface area contributed by atoms with Crippen molar-refractivity contribution < 1.29 is 19.1 Å². The highest BCUT2D eigenvalue weighted by Gasteiger charge is 2.16. The number of ether oxygens (including phenoxy) is 1. The van der Waals surface area contributed by atoms with Crippen molar-refractivity contribution in [2.24, 2.45) is 0 Å². The van der Waals surface area contributed by atoms with Gasteiger partial charge in [-0.1, -0.05) is 12.1 Å². The zero-order valence-electron chi connectivity index (χ0n) is 12.9. The molecular formula is C17H21NO4. The lowest BCUT2D eigenvalue weighted by Gasteiger charge is -2.21. The van der Waals surface area contributed by atoms with E-state index >= 15 is 0 Å². The highest BCUT2D eigenvalue weighted by Crippen LogP contribution is 2.20. The zero-order chi connectivity index (χ0) is 15.9. The first kappa shape index (κ1) is 16.1. The molecule has 1 N–H and O–H groups in total. The number of aryl methyl sites for hydroxylation is 1. The predicted octanol–water partition coefficient (Wildman–Crippen LogP) is 2.41. The van der Waals surface area contributed by atoms with Gasteiger partial charge in [-0.05, 0) is 29.8 Å². The summed E-state index contributed by atoms with van der Waals surface area (Å²) in [7, 11) is 3.27. The second-order valence-corrected chi connectivity index (χ2v) is 5.15. The predicted molar refractivity (Wildman–Crippen MR) is 82.6 cm³/mol. The number of nitrogens with zero attached hydrogens (tertiary/aromatic N) is 1. The number of aliphatic hydroxyl groups excluding tert-OH is 1. The molecule has 5 nitrogen and oxygen atoms in total. The van der Waals surface area contributed by atoms with Gasteiger partial charge in [0, 0.05) is 19.9 Å². The van der Waals surface area contributed by atoms with Gasteiger partial charge in [0.25, 0.3) is 0 Å². The molecule has 0 spiro atoms. The summed E-state index contributed by atoms with van der Waals surface area (Å²) < 4.78 is 10.3. The van der Waals surface area contributed by atoms with Crippen molar-refractivity contribution in [1.82, 2.24) is 4.90 Å². The maximum absolute atomic E-state index is 12.1. The Labute approximate surface area is 130 Å². The fraction of sp³-hybridized carbons (Fsp3) is 0.353. The van der Waals surface area contributed by atoms with Gasteiger partial charge in [0.1, 0.15) is 11.5 Å². The quantitative estimate of drug-likeness (QED) is 0.853. The maximum atomic E-state index is 12.1. The number of furan rings is 1. The van der Waals surface area contributed by atoms with E-state index in [4.69, 9.17) is 9.15 Å². The van der Waals surface area contributed by atoms with Crippen LogP contribution in [0.4, 0.5) is 0 Å². The molecule has 1 amide bonds.